The Bertz CT molecular complexity index is 940. The Morgan fingerprint density at radius 2 is 1.88 bits per heavy atom. The zero-order valence-electron chi connectivity index (χ0n) is 14.6. The molecule has 1 aliphatic rings. The summed E-state index contributed by atoms with van der Waals surface area (Å²) in [6.45, 7) is 5.17. The van der Waals surface area contributed by atoms with Crippen LogP contribution in [0.1, 0.15) is 11.3 Å². The van der Waals surface area contributed by atoms with Crippen LogP contribution in [0.2, 0.25) is 0 Å². The molecule has 1 aliphatic heterocycles. The summed E-state index contributed by atoms with van der Waals surface area (Å²) in [5.41, 5.74) is 3.58. The summed E-state index contributed by atoms with van der Waals surface area (Å²) >= 11 is 0. The number of aromatic nitrogens is 3. The lowest BCUT2D eigenvalue weighted by Gasteiger charge is -2.28. The normalized spacial score (nSPS) is 14.6. The fraction of sp³-hybridized carbons (Fsp3) is 0.316. The summed E-state index contributed by atoms with van der Waals surface area (Å²) in [6.07, 6.45) is 1.71. The van der Waals surface area contributed by atoms with Gasteiger partial charge in [-0.25, -0.2) is 4.68 Å². The molecule has 0 bridgehead atoms. The molecule has 0 atom stereocenters. The molecule has 0 unspecified atom stereocenters. The van der Waals surface area contributed by atoms with Crippen LogP contribution in [0.3, 0.4) is 0 Å². The van der Waals surface area contributed by atoms with E-state index in [0.29, 0.717) is 19.0 Å². The summed E-state index contributed by atoms with van der Waals surface area (Å²) in [6, 6.07) is 11.5. The van der Waals surface area contributed by atoms with E-state index in [2.05, 4.69) is 15.2 Å². The molecular formula is C19H20N4O3. The predicted molar refractivity (Wildman–Crippen MR) is 97.3 cm³/mol. The van der Waals surface area contributed by atoms with Gasteiger partial charge in [0.05, 0.1) is 25.1 Å². The molecule has 0 spiro atoms. The van der Waals surface area contributed by atoms with Gasteiger partial charge in [0.1, 0.15) is 12.2 Å². The highest BCUT2D eigenvalue weighted by molar-refractivity contribution is 5.59. The lowest BCUT2D eigenvalue weighted by atomic mass is 10.1. The van der Waals surface area contributed by atoms with Gasteiger partial charge in [-0.2, -0.15) is 5.10 Å². The molecule has 1 saturated heterocycles. The quantitative estimate of drug-likeness (QED) is 0.716. The van der Waals surface area contributed by atoms with Crippen molar-refractivity contribution in [2.24, 2.45) is 0 Å². The molecule has 0 amide bonds. The minimum absolute atomic E-state index is 0.165. The lowest BCUT2D eigenvalue weighted by Crippen LogP contribution is -2.37. The average molecular weight is 352 g/mol. The van der Waals surface area contributed by atoms with Crippen molar-refractivity contribution in [3.8, 4) is 11.3 Å². The minimum atomic E-state index is -0.165. The average Bonchev–Trinajstić information content (AvgIpc) is 3.13. The first-order valence-corrected chi connectivity index (χ1v) is 8.61. The maximum absolute atomic E-state index is 12.4. The van der Waals surface area contributed by atoms with Crippen molar-refractivity contribution in [3.63, 3.8) is 0 Å². The topological polar surface area (TPSA) is 73.4 Å². The number of benzene rings is 1. The molecular weight excluding hydrogens is 332 g/mol. The van der Waals surface area contributed by atoms with Gasteiger partial charge in [-0.05, 0) is 6.92 Å². The third-order valence-electron chi connectivity index (χ3n) is 4.44. The van der Waals surface area contributed by atoms with Crippen LogP contribution in [0, 0.1) is 6.92 Å². The number of hydrogen-bond acceptors (Lipinski definition) is 6. The maximum Gasteiger partial charge on any atom is 0.269 e. The lowest BCUT2D eigenvalue weighted by molar-refractivity contribution is 0.122. The van der Waals surface area contributed by atoms with Crippen LogP contribution >= 0.6 is 0 Å². The standard InChI is InChI=1S/C19H20N4O3/c1-14-2-4-15(5-3-14)18-11-17(26-21-18)13-23-19(24)10-16(12-20-23)22-6-8-25-9-7-22/h2-5,10-12H,6-9,13H2,1H3. The van der Waals surface area contributed by atoms with Gasteiger partial charge in [0.25, 0.3) is 5.56 Å². The molecule has 7 heteroatoms. The highest BCUT2D eigenvalue weighted by Crippen LogP contribution is 2.20. The molecule has 2 aromatic heterocycles. The van der Waals surface area contributed by atoms with Crippen molar-refractivity contribution in [1.82, 2.24) is 14.9 Å². The number of anilines is 1. The first kappa shape index (κ1) is 16.5. The Hall–Kier alpha value is -2.93. The first-order chi connectivity index (χ1) is 12.7. The minimum Gasteiger partial charge on any atom is -0.378 e. The van der Waals surface area contributed by atoms with Gasteiger partial charge in [0.2, 0.25) is 0 Å². The van der Waals surface area contributed by atoms with E-state index in [1.807, 2.05) is 37.3 Å². The van der Waals surface area contributed by atoms with E-state index in [1.54, 1.807) is 12.3 Å². The third-order valence-corrected chi connectivity index (χ3v) is 4.44. The van der Waals surface area contributed by atoms with E-state index in [1.165, 1.54) is 10.2 Å². The van der Waals surface area contributed by atoms with Gasteiger partial charge < -0.3 is 14.2 Å². The summed E-state index contributed by atoms with van der Waals surface area (Å²) in [5.74, 6) is 0.592. The second kappa shape index (κ2) is 7.13. The van der Waals surface area contributed by atoms with Crippen LogP contribution in [0.25, 0.3) is 11.3 Å². The molecule has 0 N–H and O–H groups in total. The van der Waals surface area contributed by atoms with E-state index in [0.717, 1.165) is 30.0 Å². The van der Waals surface area contributed by atoms with Gasteiger partial charge in [0.15, 0.2) is 5.76 Å². The molecule has 0 saturated carbocycles. The molecule has 4 rings (SSSR count). The van der Waals surface area contributed by atoms with Gasteiger partial charge in [-0.3, -0.25) is 4.79 Å². The number of nitrogens with zero attached hydrogens (tertiary/aromatic N) is 4. The number of morpholine rings is 1. The molecule has 1 aromatic carbocycles. The fourth-order valence-electron chi connectivity index (χ4n) is 2.93. The Kier molecular flexibility index (Phi) is 4.53. The molecule has 26 heavy (non-hydrogen) atoms. The highest BCUT2D eigenvalue weighted by Gasteiger charge is 2.14. The largest absolute Gasteiger partial charge is 0.378 e. The molecule has 0 aliphatic carbocycles. The fourth-order valence-corrected chi connectivity index (χ4v) is 2.93. The summed E-state index contributed by atoms with van der Waals surface area (Å²) < 4.78 is 12.1. The molecule has 3 heterocycles. The van der Waals surface area contributed by atoms with Crippen molar-refractivity contribution in [1.29, 1.82) is 0 Å². The van der Waals surface area contributed by atoms with E-state index in [9.17, 15) is 4.79 Å². The number of hydrogen-bond donors (Lipinski definition) is 0. The van der Waals surface area contributed by atoms with Gasteiger partial charge in [-0.1, -0.05) is 35.0 Å². The monoisotopic (exact) mass is 352 g/mol. The second-order valence-corrected chi connectivity index (χ2v) is 6.35. The zero-order valence-corrected chi connectivity index (χ0v) is 14.6. The van der Waals surface area contributed by atoms with Crippen molar-refractivity contribution in [3.05, 3.63) is 64.3 Å². The second-order valence-electron chi connectivity index (χ2n) is 6.35. The maximum atomic E-state index is 12.4. The molecule has 134 valence electrons. The molecule has 1 fully saturated rings. The Labute approximate surface area is 150 Å². The van der Waals surface area contributed by atoms with E-state index >= 15 is 0 Å². The summed E-state index contributed by atoms with van der Waals surface area (Å²) in [5, 5.41) is 8.37. The number of aryl methyl sites for hydroxylation is 1. The van der Waals surface area contributed by atoms with Crippen LogP contribution < -0.4 is 10.5 Å². The summed E-state index contributed by atoms with van der Waals surface area (Å²) in [4.78, 5) is 14.5. The smallest absolute Gasteiger partial charge is 0.269 e. The molecule has 7 nitrogen and oxygen atoms in total. The Balaban J connectivity index is 1.50. The van der Waals surface area contributed by atoms with Crippen molar-refractivity contribution in [2.75, 3.05) is 31.2 Å². The van der Waals surface area contributed by atoms with Crippen molar-refractivity contribution in [2.45, 2.75) is 13.5 Å². The van der Waals surface area contributed by atoms with Gasteiger partial charge in [0, 0.05) is 30.8 Å². The van der Waals surface area contributed by atoms with Crippen LogP contribution in [0.5, 0.6) is 0 Å². The van der Waals surface area contributed by atoms with Crippen LogP contribution in [-0.4, -0.2) is 41.2 Å². The Morgan fingerprint density at radius 3 is 2.62 bits per heavy atom. The van der Waals surface area contributed by atoms with Crippen LogP contribution in [0.4, 0.5) is 5.69 Å². The van der Waals surface area contributed by atoms with Crippen LogP contribution in [0.15, 0.2) is 51.9 Å². The van der Waals surface area contributed by atoms with Crippen molar-refractivity contribution >= 4 is 5.69 Å². The Morgan fingerprint density at radius 1 is 1.12 bits per heavy atom. The molecule has 0 radical (unpaired) electrons. The molecule has 3 aromatic rings. The summed E-state index contributed by atoms with van der Waals surface area (Å²) in [7, 11) is 0. The van der Waals surface area contributed by atoms with Crippen molar-refractivity contribution < 1.29 is 9.26 Å². The number of ether oxygens (including phenoxy) is 1. The van der Waals surface area contributed by atoms with E-state index < -0.39 is 0 Å². The van der Waals surface area contributed by atoms with Gasteiger partial charge >= 0.3 is 0 Å². The van der Waals surface area contributed by atoms with E-state index in [-0.39, 0.29) is 12.1 Å². The van der Waals surface area contributed by atoms with E-state index in [4.69, 9.17) is 9.26 Å². The predicted octanol–water partition coefficient (Wildman–Crippen LogP) is 2.09. The number of rotatable bonds is 4. The SMILES string of the molecule is Cc1ccc(-c2cc(Cn3ncc(N4CCOCC4)cc3=O)on2)cc1. The van der Waals surface area contributed by atoms with Crippen LogP contribution in [-0.2, 0) is 11.3 Å². The zero-order chi connectivity index (χ0) is 17.9. The highest BCUT2D eigenvalue weighted by atomic mass is 16.5. The van der Waals surface area contributed by atoms with Gasteiger partial charge in [-0.15, -0.1) is 0 Å². The third kappa shape index (κ3) is 3.52. The first-order valence-electron chi connectivity index (χ1n) is 8.61.